The van der Waals surface area contributed by atoms with Crippen LogP contribution in [0.15, 0.2) is 60.7 Å². The first-order valence-electron chi connectivity index (χ1n) is 8.33. The second-order valence-corrected chi connectivity index (χ2v) is 6.34. The Morgan fingerprint density at radius 2 is 1.41 bits per heavy atom. The van der Waals surface area contributed by atoms with Crippen LogP contribution in [0.1, 0.15) is 24.0 Å². The lowest BCUT2D eigenvalue weighted by Gasteiger charge is -2.44. The second-order valence-electron chi connectivity index (χ2n) is 6.34. The molecule has 3 rings (SSSR count). The monoisotopic (exact) mass is 294 g/mol. The molecule has 0 heterocycles. The highest BCUT2D eigenvalue weighted by atomic mass is 15.2. The van der Waals surface area contributed by atoms with Crippen molar-refractivity contribution in [3.05, 3.63) is 71.8 Å². The third kappa shape index (κ3) is 3.76. The van der Waals surface area contributed by atoms with Crippen molar-refractivity contribution < 1.29 is 0 Å². The summed E-state index contributed by atoms with van der Waals surface area (Å²) in [7, 11) is 2.06. The van der Waals surface area contributed by atoms with E-state index >= 15 is 0 Å². The van der Waals surface area contributed by atoms with Gasteiger partial charge >= 0.3 is 0 Å². The van der Waals surface area contributed by atoms with Crippen LogP contribution in [0, 0.1) is 5.92 Å². The maximum atomic E-state index is 3.36. The zero-order valence-electron chi connectivity index (χ0n) is 13.4. The molecule has 2 nitrogen and oxygen atoms in total. The molecule has 0 aliphatic heterocycles. The summed E-state index contributed by atoms with van der Waals surface area (Å²) in [5, 5.41) is 3.36. The Hall–Kier alpha value is -1.64. The maximum Gasteiger partial charge on any atom is 0.0240 e. The van der Waals surface area contributed by atoms with Crippen LogP contribution in [-0.2, 0) is 13.1 Å². The molecule has 0 amide bonds. The van der Waals surface area contributed by atoms with Gasteiger partial charge in [0.15, 0.2) is 0 Å². The summed E-state index contributed by atoms with van der Waals surface area (Å²) in [5.41, 5.74) is 2.82. The summed E-state index contributed by atoms with van der Waals surface area (Å²) >= 11 is 0. The largest absolute Gasteiger partial charge is 0.319 e. The Bertz CT molecular complexity index is 511. The highest BCUT2D eigenvalue weighted by molar-refractivity contribution is 5.17. The van der Waals surface area contributed by atoms with E-state index in [9.17, 15) is 0 Å². The van der Waals surface area contributed by atoms with Crippen LogP contribution in [0.25, 0.3) is 0 Å². The van der Waals surface area contributed by atoms with Gasteiger partial charge in [-0.05, 0) is 43.5 Å². The molecular weight excluding hydrogens is 268 g/mol. The lowest BCUT2D eigenvalue weighted by atomic mass is 9.78. The fourth-order valence-corrected chi connectivity index (χ4v) is 3.46. The van der Waals surface area contributed by atoms with Crippen molar-refractivity contribution in [2.45, 2.75) is 32.0 Å². The molecule has 0 radical (unpaired) electrons. The first kappa shape index (κ1) is 15.3. The van der Waals surface area contributed by atoms with Crippen LogP contribution in [0.4, 0.5) is 0 Å². The quantitative estimate of drug-likeness (QED) is 0.838. The smallest absolute Gasteiger partial charge is 0.0240 e. The van der Waals surface area contributed by atoms with Crippen LogP contribution < -0.4 is 5.32 Å². The topological polar surface area (TPSA) is 15.3 Å². The Kier molecular flexibility index (Phi) is 5.25. The van der Waals surface area contributed by atoms with Crippen LogP contribution in [0.2, 0.25) is 0 Å². The summed E-state index contributed by atoms with van der Waals surface area (Å²) in [6.45, 7) is 3.21. The minimum absolute atomic E-state index is 0.702. The van der Waals surface area contributed by atoms with Gasteiger partial charge in [-0.1, -0.05) is 60.7 Å². The first-order valence-corrected chi connectivity index (χ1v) is 8.33. The number of nitrogens with one attached hydrogen (secondary N) is 1. The third-order valence-electron chi connectivity index (χ3n) is 4.77. The lowest BCUT2D eigenvalue weighted by Crippen LogP contribution is -2.49. The molecule has 0 spiro atoms. The fourth-order valence-electron chi connectivity index (χ4n) is 3.46. The molecule has 1 aliphatic rings. The van der Waals surface area contributed by atoms with Crippen molar-refractivity contribution in [3.63, 3.8) is 0 Å². The van der Waals surface area contributed by atoms with E-state index in [4.69, 9.17) is 0 Å². The molecule has 2 unspecified atom stereocenters. The van der Waals surface area contributed by atoms with Gasteiger partial charge < -0.3 is 5.32 Å². The minimum atomic E-state index is 0.702. The first-order chi connectivity index (χ1) is 10.9. The van der Waals surface area contributed by atoms with Crippen LogP contribution in [0.3, 0.4) is 0 Å². The Labute approximate surface area is 134 Å². The molecular formula is C20H26N2. The van der Waals surface area contributed by atoms with E-state index in [0.29, 0.717) is 6.04 Å². The van der Waals surface area contributed by atoms with E-state index in [0.717, 1.165) is 25.6 Å². The zero-order chi connectivity index (χ0) is 15.2. The summed E-state index contributed by atoms with van der Waals surface area (Å²) in [6.07, 6.45) is 2.68. The predicted molar refractivity (Wildman–Crippen MR) is 92.6 cm³/mol. The number of benzene rings is 2. The Morgan fingerprint density at radius 1 is 0.864 bits per heavy atom. The highest BCUT2D eigenvalue weighted by Crippen LogP contribution is 2.33. The SMILES string of the molecule is CNCC1CCC1N(Cc1ccccc1)Cc1ccccc1. The van der Waals surface area contributed by atoms with Crippen LogP contribution >= 0.6 is 0 Å². The zero-order valence-corrected chi connectivity index (χ0v) is 13.4. The fraction of sp³-hybridized carbons (Fsp3) is 0.400. The Morgan fingerprint density at radius 3 is 1.82 bits per heavy atom. The van der Waals surface area contributed by atoms with Crippen molar-refractivity contribution in [3.8, 4) is 0 Å². The number of rotatable bonds is 7. The molecule has 1 aliphatic carbocycles. The standard InChI is InChI=1S/C20H26N2/c1-21-14-19-12-13-20(19)22(15-17-8-4-2-5-9-17)16-18-10-6-3-7-11-18/h2-11,19-21H,12-16H2,1H3. The molecule has 0 saturated heterocycles. The number of nitrogens with zero attached hydrogens (tertiary/aromatic N) is 1. The molecule has 1 saturated carbocycles. The van der Waals surface area contributed by atoms with Gasteiger partial charge in [-0.3, -0.25) is 4.90 Å². The summed E-state index contributed by atoms with van der Waals surface area (Å²) in [5.74, 6) is 0.789. The van der Waals surface area contributed by atoms with Crippen molar-refractivity contribution >= 4 is 0 Å². The second kappa shape index (κ2) is 7.57. The number of hydrogen-bond donors (Lipinski definition) is 1. The van der Waals surface area contributed by atoms with E-state index in [2.05, 4.69) is 77.9 Å². The van der Waals surface area contributed by atoms with Gasteiger partial charge in [0.2, 0.25) is 0 Å². The van der Waals surface area contributed by atoms with Gasteiger partial charge in [0.25, 0.3) is 0 Å². The van der Waals surface area contributed by atoms with Gasteiger partial charge in [0, 0.05) is 19.1 Å². The molecule has 2 aromatic rings. The molecule has 22 heavy (non-hydrogen) atoms. The van der Waals surface area contributed by atoms with Crippen LogP contribution in [0.5, 0.6) is 0 Å². The molecule has 2 aromatic carbocycles. The minimum Gasteiger partial charge on any atom is -0.319 e. The van der Waals surface area contributed by atoms with E-state index in [1.165, 1.54) is 24.0 Å². The molecule has 1 fully saturated rings. The van der Waals surface area contributed by atoms with Gasteiger partial charge in [-0.15, -0.1) is 0 Å². The van der Waals surface area contributed by atoms with Crippen molar-refractivity contribution in [1.29, 1.82) is 0 Å². The van der Waals surface area contributed by atoms with Crippen molar-refractivity contribution in [2.24, 2.45) is 5.92 Å². The molecule has 0 bridgehead atoms. The maximum absolute atomic E-state index is 3.36. The van der Waals surface area contributed by atoms with Crippen LogP contribution in [-0.4, -0.2) is 24.5 Å². The normalized spacial score (nSPS) is 20.8. The van der Waals surface area contributed by atoms with E-state index in [-0.39, 0.29) is 0 Å². The molecule has 116 valence electrons. The van der Waals surface area contributed by atoms with Gasteiger partial charge in [-0.2, -0.15) is 0 Å². The summed E-state index contributed by atoms with van der Waals surface area (Å²) < 4.78 is 0. The van der Waals surface area contributed by atoms with Crippen molar-refractivity contribution in [2.75, 3.05) is 13.6 Å². The van der Waals surface area contributed by atoms with Gasteiger partial charge in [0.05, 0.1) is 0 Å². The molecule has 2 heteroatoms. The molecule has 1 N–H and O–H groups in total. The summed E-state index contributed by atoms with van der Waals surface area (Å²) in [4.78, 5) is 2.66. The molecule has 0 aromatic heterocycles. The molecule has 2 atom stereocenters. The van der Waals surface area contributed by atoms with E-state index < -0.39 is 0 Å². The lowest BCUT2D eigenvalue weighted by molar-refractivity contribution is 0.0497. The van der Waals surface area contributed by atoms with E-state index in [1.54, 1.807) is 0 Å². The average molecular weight is 294 g/mol. The highest BCUT2D eigenvalue weighted by Gasteiger charge is 2.34. The average Bonchev–Trinajstić information content (AvgIpc) is 2.53. The van der Waals surface area contributed by atoms with Crippen molar-refractivity contribution in [1.82, 2.24) is 10.2 Å². The summed E-state index contributed by atoms with van der Waals surface area (Å²) in [6, 6.07) is 22.4. The van der Waals surface area contributed by atoms with E-state index in [1.807, 2.05) is 0 Å². The number of hydrogen-bond acceptors (Lipinski definition) is 2. The third-order valence-corrected chi connectivity index (χ3v) is 4.77. The van der Waals surface area contributed by atoms with Gasteiger partial charge in [-0.25, -0.2) is 0 Å². The predicted octanol–water partition coefficient (Wildman–Crippen LogP) is 3.69. The Balaban J connectivity index is 1.73. The van der Waals surface area contributed by atoms with Gasteiger partial charge in [0.1, 0.15) is 0 Å².